The van der Waals surface area contributed by atoms with Crippen LogP contribution >= 0.6 is 0 Å². The van der Waals surface area contributed by atoms with Gasteiger partial charge in [-0.3, -0.25) is 9.59 Å². The molecule has 4 rings (SSSR count). The second kappa shape index (κ2) is 9.85. The molecule has 0 unspecified atom stereocenters. The fourth-order valence-corrected chi connectivity index (χ4v) is 3.28. The Hall–Kier alpha value is -3.76. The Kier molecular flexibility index (Phi) is 6.86. The van der Waals surface area contributed by atoms with Crippen LogP contribution in [0.5, 0.6) is 5.88 Å². The first-order valence-corrected chi connectivity index (χ1v) is 11.2. The number of H-pyrrole nitrogens is 1. The SMILES string of the molecule is CC(C)C(=O)NCc1ccc(C(F)(F)F)c(-c2nc(-c3ccc(OCC4CC4)nn3)cc(=O)[nH]2)c1. The molecular formula is C24H24F3N5O3. The first-order chi connectivity index (χ1) is 16.6. The fourth-order valence-electron chi connectivity index (χ4n) is 3.28. The van der Waals surface area contributed by atoms with Gasteiger partial charge in [0.2, 0.25) is 11.8 Å². The first kappa shape index (κ1) is 24.4. The summed E-state index contributed by atoms with van der Waals surface area (Å²) in [4.78, 5) is 30.8. The topological polar surface area (TPSA) is 110 Å². The van der Waals surface area contributed by atoms with Crippen LogP contribution in [0.2, 0.25) is 0 Å². The molecule has 1 aliphatic rings. The van der Waals surface area contributed by atoms with Crippen LogP contribution in [0, 0.1) is 11.8 Å². The average molecular weight is 487 g/mol. The second-order valence-corrected chi connectivity index (χ2v) is 8.74. The van der Waals surface area contributed by atoms with E-state index in [0.29, 0.717) is 24.0 Å². The lowest BCUT2D eigenvalue weighted by Crippen LogP contribution is -2.27. The van der Waals surface area contributed by atoms with E-state index in [1.807, 2.05) is 0 Å². The predicted molar refractivity (Wildman–Crippen MR) is 121 cm³/mol. The van der Waals surface area contributed by atoms with Crippen LogP contribution in [0.25, 0.3) is 22.8 Å². The van der Waals surface area contributed by atoms with Gasteiger partial charge in [-0.25, -0.2) is 4.98 Å². The van der Waals surface area contributed by atoms with E-state index in [-0.39, 0.29) is 41.1 Å². The van der Waals surface area contributed by atoms with Gasteiger partial charge in [0.15, 0.2) is 0 Å². The molecule has 2 N–H and O–H groups in total. The van der Waals surface area contributed by atoms with Crippen LogP contribution in [0.4, 0.5) is 13.2 Å². The van der Waals surface area contributed by atoms with Gasteiger partial charge in [-0.15, -0.1) is 10.2 Å². The van der Waals surface area contributed by atoms with Crippen LogP contribution in [-0.2, 0) is 17.5 Å². The molecule has 0 aliphatic heterocycles. The second-order valence-electron chi connectivity index (χ2n) is 8.74. The molecule has 184 valence electrons. The van der Waals surface area contributed by atoms with Crippen molar-refractivity contribution in [3.8, 4) is 28.7 Å². The molecule has 2 aromatic heterocycles. The number of hydrogen-bond acceptors (Lipinski definition) is 6. The maximum absolute atomic E-state index is 13.8. The number of alkyl halides is 3. The van der Waals surface area contributed by atoms with E-state index in [1.165, 1.54) is 12.1 Å². The van der Waals surface area contributed by atoms with Crippen molar-refractivity contribution in [1.29, 1.82) is 0 Å². The molecule has 8 nitrogen and oxygen atoms in total. The van der Waals surface area contributed by atoms with Gasteiger partial charge in [-0.05, 0) is 42.5 Å². The number of rotatable bonds is 8. The molecule has 2 heterocycles. The van der Waals surface area contributed by atoms with Crippen molar-refractivity contribution in [3.63, 3.8) is 0 Å². The number of hydrogen-bond donors (Lipinski definition) is 2. The summed E-state index contributed by atoms with van der Waals surface area (Å²) in [5.41, 5.74) is -1.22. The van der Waals surface area contributed by atoms with Crippen molar-refractivity contribution in [2.75, 3.05) is 6.61 Å². The highest BCUT2D eigenvalue weighted by atomic mass is 19.4. The zero-order chi connectivity index (χ0) is 25.2. The fraction of sp³-hybridized carbons (Fsp3) is 0.375. The van der Waals surface area contributed by atoms with Gasteiger partial charge < -0.3 is 15.0 Å². The van der Waals surface area contributed by atoms with Gasteiger partial charge >= 0.3 is 6.18 Å². The summed E-state index contributed by atoms with van der Waals surface area (Å²) in [6.07, 6.45) is -2.45. The van der Waals surface area contributed by atoms with Crippen LogP contribution < -0.4 is 15.6 Å². The maximum Gasteiger partial charge on any atom is 0.417 e. The number of nitrogens with one attached hydrogen (secondary N) is 2. The van der Waals surface area contributed by atoms with Crippen LogP contribution in [-0.4, -0.2) is 32.7 Å². The highest BCUT2D eigenvalue weighted by Gasteiger charge is 2.34. The van der Waals surface area contributed by atoms with E-state index in [0.717, 1.165) is 25.0 Å². The molecule has 0 saturated heterocycles. The molecule has 0 radical (unpaired) electrons. The Bertz CT molecular complexity index is 1270. The Labute approximate surface area is 199 Å². The van der Waals surface area contributed by atoms with E-state index < -0.39 is 17.3 Å². The van der Waals surface area contributed by atoms with Gasteiger partial charge in [-0.1, -0.05) is 19.9 Å². The van der Waals surface area contributed by atoms with Crippen molar-refractivity contribution in [1.82, 2.24) is 25.5 Å². The first-order valence-electron chi connectivity index (χ1n) is 11.2. The molecule has 1 amide bonds. The number of carbonyl (C=O) groups is 1. The predicted octanol–water partition coefficient (Wildman–Crippen LogP) is 3.97. The van der Waals surface area contributed by atoms with Gasteiger partial charge in [0, 0.05) is 30.2 Å². The normalized spacial score (nSPS) is 13.7. The number of ether oxygens (including phenoxy) is 1. The summed E-state index contributed by atoms with van der Waals surface area (Å²) in [6.45, 7) is 4.00. The van der Waals surface area contributed by atoms with E-state index in [4.69, 9.17) is 4.74 Å². The molecule has 11 heteroatoms. The van der Waals surface area contributed by atoms with Gasteiger partial charge in [0.1, 0.15) is 11.5 Å². The zero-order valence-corrected chi connectivity index (χ0v) is 19.1. The molecule has 3 aromatic rings. The molecule has 0 bridgehead atoms. The summed E-state index contributed by atoms with van der Waals surface area (Å²) in [7, 11) is 0. The van der Waals surface area contributed by atoms with E-state index in [9.17, 15) is 22.8 Å². The molecule has 1 saturated carbocycles. The monoisotopic (exact) mass is 487 g/mol. The minimum absolute atomic E-state index is 0.0276. The molecule has 0 atom stereocenters. The van der Waals surface area contributed by atoms with Crippen LogP contribution in [0.1, 0.15) is 37.8 Å². The minimum atomic E-state index is -4.69. The summed E-state index contributed by atoms with van der Waals surface area (Å²) < 4.78 is 46.8. The summed E-state index contributed by atoms with van der Waals surface area (Å²) in [5.74, 6) is 0.0768. The quantitative estimate of drug-likeness (QED) is 0.498. The van der Waals surface area contributed by atoms with Crippen molar-refractivity contribution in [2.24, 2.45) is 11.8 Å². The number of carbonyl (C=O) groups excluding carboxylic acids is 1. The third-order valence-corrected chi connectivity index (χ3v) is 5.44. The largest absolute Gasteiger partial charge is 0.476 e. The molecule has 1 aliphatic carbocycles. The van der Waals surface area contributed by atoms with Gasteiger partial charge in [0.05, 0.1) is 17.9 Å². The summed E-state index contributed by atoms with van der Waals surface area (Å²) in [6, 6.07) is 7.70. The number of amides is 1. The molecular weight excluding hydrogens is 463 g/mol. The molecule has 35 heavy (non-hydrogen) atoms. The Morgan fingerprint density at radius 2 is 1.91 bits per heavy atom. The minimum Gasteiger partial charge on any atom is -0.476 e. The molecule has 1 aromatic carbocycles. The third kappa shape index (κ3) is 6.23. The highest BCUT2D eigenvalue weighted by Crippen LogP contribution is 2.36. The third-order valence-electron chi connectivity index (χ3n) is 5.44. The average Bonchev–Trinajstić information content (AvgIpc) is 3.65. The van der Waals surface area contributed by atoms with Crippen molar-refractivity contribution in [2.45, 2.75) is 39.4 Å². The zero-order valence-electron chi connectivity index (χ0n) is 19.1. The Balaban J connectivity index is 1.67. The Morgan fingerprint density at radius 1 is 1.14 bits per heavy atom. The lowest BCUT2D eigenvalue weighted by Gasteiger charge is -2.15. The number of halogens is 3. The molecule has 0 spiro atoms. The number of aromatic nitrogens is 4. The maximum atomic E-state index is 13.8. The van der Waals surface area contributed by atoms with Crippen molar-refractivity contribution < 1.29 is 22.7 Å². The summed E-state index contributed by atoms with van der Waals surface area (Å²) >= 11 is 0. The van der Waals surface area contributed by atoms with Gasteiger partial charge in [-0.2, -0.15) is 13.2 Å². The standard InChI is InChI=1S/C24H24F3N5O3/c1-13(2)23(34)28-11-15-5-6-17(24(25,26)27)16(9-15)22-29-19(10-20(33)30-22)18-7-8-21(32-31-18)35-12-14-3-4-14/h5-10,13-14H,3-4,11-12H2,1-2H3,(H,28,34)(H,29,30,33). The van der Waals surface area contributed by atoms with Gasteiger partial charge in [0.25, 0.3) is 5.56 Å². The number of aromatic amines is 1. The van der Waals surface area contributed by atoms with Crippen molar-refractivity contribution in [3.05, 3.63) is 57.9 Å². The highest BCUT2D eigenvalue weighted by molar-refractivity contribution is 5.77. The van der Waals surface area contributed by atoms with E-state index >= 15 is 0 Å². The van der Waals surface area contributed by atoms with Crippen molar-refractivity contribution >= 4 is 5.91 Å². The van der Waals surface area contributed by atoms with Crippen LogP contribution in [0.3, 0.4) is 0 Å². The van der Waals surface area contributed by atoms with E-state index in [2.05, 4.69) is 25.5 Å². The number of benzene rings is 1. The smallest absolute Gasteiger partial charge is 0.417 e. The summed E-state index contributed by atoms with van der Waals surface area (Å²) in [5, 5.41) is 10.7. The lowest BCUT2D eigenvalue weighted by atomic mass is 10.0. The van der Waals surface area contributed by atoms with Crippen LogP contribution in [0.15, 0.2) is 41.2 Å². The molecule has 1 fully saturated rings. The number of nitrogens with zero attached hydrogens (tertiary/aromatic N) is 3. The lowest BCUT2D eigenvalue weighted by molar-refractivity contribution is -0.137. The Morgan fingerprint density at radius 3 is 2.54 bits per heavy atom. The van der Waals surface area contributed by atoms with E-state index in [1.54, 1.807) is 26.0 Å².